The number of nitrogens with zero attached hydrogens (tertiary/aromatic N) is 4. The number of hydrogen-bond donors (Lipinski definition) is 1. The van der Waals surface area contributed by atoms with E-state index in [0.29, 0.717) is 33.4 Å². The van der Waals surface area contributed by atoms with Gasteiger partial charge in [-0.05, 0) is 41.4 Å². The van der Waals surface area contributed by atoms with E-state index < -0.39 is 0 Å². The predicted molar refractivity (Wildman–Crippen MR) is 115 cm³/mol. The van der Waals surface area contributed by atoms with Gasteiger partial charge in [-0.25, -0.2) is 0 Å². The van der Waals surface area contributed by atoms with Crippen LogP contribution in [-0.2, 0) is 17.9 Å². The van der Waals surface area contributed by atoms with Gasteiger partial charge < -0.3 is 5.32 Å². The van der Waals surface area contributed by atoms with Crippen LogP contribution in [0.1, 0.15) is 23.9 Å². The quantitative estimate of drug-likeness (QED) is 0.530. The van der Waals surface area contributed by atoms with Crippen LogP contribution in [0.25, 0.3) is 0 Å². The predicted octanol–water partition coefficient (Wildman–Crippen LogP) is 5.09. The molecule has 1 atom stereocenters. The zero-order chi connectivity index (χ0) is 20.4. The number of aryl methyl sites for hydroxylation is 1. The van der Waals surface area contributed by atoms with Crippen molar-refractivity contribution in [1.29, 1.82) is 0 Å². The Morgan fingerprint density at radius 2 is 1.96 bits per heavy atom. The van der Waals surface area contributed by atoms with Gasteiger partial charge in [0.2, 0.25) is 5.91 Å². The third-order valence-corrected chi connectivity index (χ3v) is 5.93. The van der Waals surface area contributed by atoms with Gasteiger partial charge in [0.15, 0.2) is 5.82 Å². The number of carbonyl (C=O) groups excluding carboxylic acids is 1. The summed E-state index contributed by atoms with van der Waals surface area (Å²) in [6.45, 7) is 6.52. The van der Waals surface area contributed by atoms with Crippen molar-refractivity contribution in [2.24, 2.45) is 5.92 Å². The van der Waals surface area contributed by atoms with Gasteiger partial charge in [0.1, 0.15) is 0 Å². The van der Waals surface area contributed by atoms with E-state index >= 15 is 0 Å². The van der Waals surface area contributed by atoms with Crippen LogP contribution in [0, 0.1) is 19.8 Å². The molecule has 0 saturated heterocycles. The summed E-state index contributed by atoms with van der Waals surface area (Å²) in [6.07, 6.45) is 1.81. The van der Waals surface area contributed by atoms with Gasteiger partial charge in [-0.3, -0.25) is 14.2 Å². The Morgan fingerprint density at radius 1 is 1.25 bits per heavy atom. The molecule has 9 heteroatoms. The Bertz CT molecular complexity index is 1010. The number of hydrogen-bond acceptors (Lipinski definition) is 3. The lowest BCUT2D eigenvalue weighted by Gasteiger charge is -2.12. The Balaban J connectivity index is 1.67. The van der Waals surface area contributed by atoms with Crippen LogP contribution in [-0.4, -0.2) is 25.5 Å². The second kappa shape index (κ2) is 8.68. The van der Waals surface area contributed by atoms with Gasteiger partial charge in [-0.15, -0.1) is 0 Å². The summed E-state index contributed by atoms with van der Waals surface area (Å²) < 4.78 is 4.19. The molecular formula is C19H20BrCl2N5O. The molecule has 28 heavy (non-hydrogen) atoms. The minimum Gasteiger partial charge on any atom is -0.308 e. The highest BCUT2D eigenvalue weighted by Gasteiger charge is 2.19. The summed E-state index contributed by atoms with van der Waals surface area (Å²) in [4.78, 5) is 12.6. The number of carbonyl (C=O) groups is 1. The van der Waals surface area contributed by atoms with Crippen molar-refractivity contribution in [3.8, 4) is 0 Å². The van der Waals surface area contributed by atoms with Gasteiger partial charge in [-0.1, -0.05) is 48.3 Å². The summed E-state index contributed by atoms with van der Waals surface area (Å²) in [7, 11) is 0. The first kappa shape index (κ1) is 20.9. The van der Waals surface area contributed by atoms with Crippen LogP contribution >= 0.6 is 39.1 Å². The molecule has 1 unspecified atom stereocenters. The molecule has 0 aliphatic heterocycles. The molecule has 0 saturated carbocycles. The van der Waals surface area contributed by atoms with Crippen molar-refractivity contribution >= 4 is 50.9 Å². The molecule has 0 fully saturated rings. The Kier molecular flexibility index (Phi) is 6.47. The van der Waals surface area contributed by atoms with E-state index in [2.05, 4.69) is 31.4 Å². The smallest absolute Gasteiger partial charge is 0.230 e. The topological polar surface area (TPSA) is 64.7 Å². The lowest BCUT2D eigenvalue weighted by atomic mass is 10.1. The van der Waals surface area contributed by atoms with Crippen LogP contribution < -0.4 is 5.32 Å². The monoisotopic (exact) mass is 483 g/mol. The highest BCUT2D eigenvalue weighted by molar-refractivity contribution is 9.10. The fourth-order valence-electron chi connectivity index (χ4n) is 2.80. The molecule has 0 spiro atoms. The maximum atomic E-state index is 12.6. The molecule has 148 valence electrons. The number of aromatic nitrogens is 4. The zero-order valence-corrected chi connectivity index (χ0v) is 18.8. The zero-order valence-electron chi connectivity index (χ0n) is 15.7. The fraction of sp³-hybridized carbons (Fsp3) is 0.316. The molecule has 3 rings (SSSR count). The van der Waals surface area contributed by atoms with E-state index in [9.17, 15) is 4.79 Å². The van der Waals surface area contributed by atoms with Crippen LogP contribution in [0.3, 0.4) is 0 Å². The second-order valence-corrected chi connectivity index (χ2v) is 8.31. The van der Waals surface area contributed by atoms with Crippen LogP contribution in [0.2, 0.25) is 10.0 Å². The molecule has 0 aliphatic carbocycles. The molecule has 0 aliphatic rings. The molecule has 2 heterocycles. The minimum absolute atomic E-state index is 0.146. The van der Waals surface area contributed by atoms with Crippen molar-refractivity contribution in [3.63, 3.8) is 0 Å². The lowest BCUT2D eigenvalue weighted by molar-refractivity contribution is -0.119. The van der Waals surface area contributed by atoms with Crippen molar-refractivity contribution in [1.82, 2.24) is 19.6 Å². The maximum Gasteiger partial charge on any atom is 0.230 e. The Labute approximate surface area is 182 Å². The average Bonchev–Trinajstić information content (AvgIpc) is 3.11. The first-order chi connectivity index (χ1) is 13.3. The number of benzene rings is 1. The van der Waals surface area contributed by atoms with Crippen molar-refractivity contribution in [2.45, 2.75) is 33.9 Å². The molecule has 3 aromatic rings. The molecule has 2 aromatic heterocycles. The Hall–Kier alpha value is -1.83. The highest BCUT2D eigenvalue weighted by Crippen LogP contribution is 2.24. The molecule has 0 radical (unpaired) electrons. The van der Waals surface area contributed by atoms with Crippen molar-refractivity contribution in [3.05, 3.63) is 61.9 Å². The average molecular weight is 485 g/mol. The van der Waals surface area contributed by atoms with Gasteiger partial charge in [-0.2, -0.15) is 10.2 Å². The Morgan fingerprint density at radius 3 is 2.61 bits per heavy atom. The molecule has 1 N–H and O–H groups in total. The number of anilines is 1. The largest absolute Gasteiger partial charge is 0.308 e. The van der Waals surface area contributed by atoms with Crippen LogP contribution in [0.5, 0.6) is 0 Å². The first-order valence-electron chi connectivity index (χ1n) is 8.73. The van der Waals surface area contributed by atoms with Crippen molar-refractivity contribution in [2.75, 3.05) is 5.32 Å². The standard InChI is InChI=1S/C19H20BrCl2N5O/c1-11(8-27-13(3)17(22)12(2)24-27)19(28)23-18-15(20)10-26(25-18)9-14-6-4-5-7-16(14)21/h4-7,10-11H,8-9H2,1-3H3,(H,23,25,28). The highest BCUT2D eigenvalue weighted by atomic mass is 79.9. The van der Waals surface area contributed by atoms with Gasteiger partial charge >= 0.3 is 0 Å². The third-order valence-electron chi connectivity index (χ3n) is 4.44. The molecule has 1 aromatic carbocycles. The summed E-state index contributed by atoms with van der Waals surface area (Å²) in [5.41, 5.74) is 2.56. The molecule has 1 amide bonds. The van der Waals surface area contributed by atoms with E-state index in [1.54, 1.807) is 9.36 Å². The van der Waals surface area contributed by atoms with E-state index in [1.165, 1.54) is 0 Å². The summed E-state index contributed by atoms with van der Waals surface area (Å²) in [6, 6.07) is 7.59. The van der Waals surface area contributed by atoms with Gasteiger partial charge in [0.25, 0.3) is 0 Å². The number of rotatable bonds is 6. The fourth-order valence-corrected chi connectivity index (χ4v) is 3.54. The van der Waals surface area contributed by atoms with Crippen LogP contribution in [0.15, 0.2) is 34.9 Å². The SMILES string of the molecule is Cc1nn(CC(C)C(=O)Nc2nn(Cc3ccccc3Cl)cc2Br)c(C)c1Cl. The van der Waals surface area contributed by atoms with Gasteiger partial charge in [0.05, 0.1) is 39.9 Å². The molecule has 6 nitrogen and oxygen atoms in total. The van der Waals surface area contributed by atoms with E-state index in [-0.39, 0.29) is 11.8 Å². The van der Waals surface area contributed by atoms with E-state index in [4.69, 9.17) is 23.2 Å². The van der Waals surface area contributed by atoms with Crippen molar-refractivity contribution < 1.29 is 4.79 Å². The summed E-state index contributed by atoms with van der Waals surface area (Å²) in [5, 5.41) is 13.0. The lowest BCUT2D eigenvalue weighted by Crippen LogP contribution is -2.25. The summed E-state index contributed by atoms with van der Waals surface area (Å²) in [5.74, 6) is 0.0114. The maximum absolute atomic E-state index is 12.6. The van der Waals surface area contributed by atoms with E-state index in [1.807, 2.05) is 51.2 Å². The van der Waals surface area contributed by atoms with E-state index in [0.717, 1.165) is 17.0 Å². The first-order valence-corrected chi connectivity index (χ1v) is 10.3. The minimum atomic E-state index is -0.310. The number of nitrogens with one attached hydrogen (secondary N) is 1. The normalized spacial score (nSPS) is 12.2. The molecule has 0 bridgehead atoms. The number of amides is 1. The third kappa shape index (κ3) is 4.59. The van der Waals surface area contributed by atoms with Crippen LogP contribution in [0.4, 0.5) is 5.82 Å². The second-order valence-electron chi connectivity index (χ2n) is 6.67. The van der Waals surface area contributed by atoms with Gasteiger partial charge in [0, 0.05) is 11.2 Å². The summed E-state index contributed by atoms with van der Waals surface area (Å²) >= 11 is 15.8. The number of halogens is 3. The molecular weight excluding hydrogens is 465 g/mol.